The van der Waals surface area contributed by atoms with Crippen molar-refractivity contribution < 1.29 is 4.79 Å². The lowest BCUT2D eigenvalue weighted by molar-refractivity contribution is -0.134. The Morgan fingerprint density at radius 2 is 1.76 bits per heavy atom. The van der Waals surface area contributed by atoms with Crippen molar-refractivity contribution in [2.24, 2.45) is 11.8 Å². The topological polar surface area (TPSA) is 32.3 Å². The third kappa shape index (κ3) is 2.32. The van der Waals surface area contributed by atoms with Crippen LogP contribution in [0.25, 0.3) is 0 Å². The summed E-state index contributed by atoms with van der Waals surface area (Å²) in [6.45, 7) is 2.31. The maximum atomic E-state index is 13.0. The molecule has 0 aromatic heterocycles. The summed E-state index contributed by atoms with van der Waals surface area (Å²) in [7, 11) is 0. The maximum Gasteiger partial charge on any atom is 0.244 e. The van der Waals surface area contributed by atoms with Gasteiger partial charge in [0.1, 0.15) is 0 Å². The fourth-order valence-corrected chi connectivity index (χ4v) is 5.11. The molecule has 0 aromatic rings. The zero-order valence-electron chi connectivity index (χ0n) is 13.4. The molecular weight excluding hydrogens is 260 g/mol. The van der Waals surface area contributed by atoms with Crippen LogP contribution in [0, 0.1) is 11.8 Å². The second-order valence-corrected chi connectivity index (χ2v) is 8.01. The third-order valence-electron chi connectivity index (χ3n) is 6.75. The summed E-state index contributed by atoms with van der Waals surface area (Å²) in [5.41, 5.74) is -0.116. The molecule has 1 atom stereocenters. The molecule has 3 saturated carbocycles. The molecule has 4 rings (SSSR count). The first-order chi connectivity index (χ1) is 10.2. The van der Waals surface area contributed by atoms with E-state index in [0.29, 0.717) is 18.1 Å². The average molecular weight is 290 g/mol. The minimum absolute atomic E-state index is 0.116. The van der Waals surface area contributed by atoms with Crippen LogP contribution in [-0.4, -0.2) is 28.6 Å². The van der Waals surface area contributed by atoms with Gasteiger partial charge in [-0.15, -0.1) is 0 Å². The lowest BCUT2D eigenvalue weighted by atomic mass is 9.83. The van der Waals surface area contributed by atoms with Crippen LogP contribution in [0.15, 0.2) is 0 Å². The molecule has 0 bridgehead atoms. The zero-order chi connectivity index (χ0) is 14.4. The molecule has 118 valence electrons. The van der Waals surface area contributed by atoms with Crippen molar-refractivity contribution in [1.82, 2.24) is 10.2 Å². The first-order valence-corrected chi connectivity index (χ1v) is 9.34. The Balaban J connectivity index is 1.51. The van der Waals surface area contributed by atoms with E-state index in [4.69, 9.17) is 0 Å². The predicted octanol–water partition coefficient (Wildman–Crippen LogP) is 3.44. The summed E-state index contributed by atoms with van der Waals surface area (Å²) < 4.78 is 0. The standard InChI is InChI=1S/C18H30N2O/c1-2-13-7-9-15(10-8-13)20-16(14-5-3-4-6-14)19-18(11-12-18)17(20)21/h13-16,19H,2-12H2,1H3. The highest BCUT2D eigenvalue weighted by atomic mass is 16.2. The van der Waals surface area contributed by atoms with Crippen molar-refractivity contribution >= 4 is 5.91 Å². The SMILES string of the molecule is CCC1CCC(N2C(=O)C3(CC3)NC2C2CCCC2)CC1. The Morgan fingerprint density at radius 3 is 2.33 bits per heavy atom. The van der Waals surface area contributed by atoms with E-state index in [0.717, 1.165) is 24.7 Å². The van der Waals surface area contributed by atoms with Crippen LogP contribution >= 0.6 is 0 Å². The van der Waals surface area contributed by atoms with Crippen LogP contribution in [0.2, 0.25) is 0 Å². The molecule has 1 heterocycles. The summed E-state index contributed by atoms with van der Waals surface area (Å²) in [6, 6.07) is 0.526. The van der Waals surface area contributed by atoms with Crippen LogP contribution in [0.4, 0.5) is 0 Å². The van der Waals surface area contributed by atoms with Gasteiger partial charge in [0.05, 0.1) is 11.7 Å². The van der Waals surface area contributed by atoms with Crippen molar-refractivity contribution in [3.05, 3.63) is 0 Å². The van der Waals surface area contributed by atoms with E-state index in [9.17, 15) is 4.79 Å². The molecule has 3 aliphatic carbocycles. The molecule has 0 aromatic carbocycles. The van der Waals surface area contributed by atoms with Crippen molar-refractivity contribution in [3.63, 3.8) is 0 Å². The Morgan fingerprint density at radius 1 is 1.10 bits per heavy atom. The number of carbonyl (C=O) groups excluding carboxylic acids is 1. The first-order valence-electron chi connectivity index (χ1n) is 9.34. The largest absolute Gasteiger partial charge is 0.322 e. The maximum absolute atomic E-state index is 13.0. The fraction of sp³-hybridized carbons (Fsp3) is 0.944. The predicted molar refractivity (Wildman–Crippen MR) is 83.7 cm³/mol. The van der Waals surface area contributed by atoms with E-state index in [2.05, 4.69) is 17.1 Å². The lowest BCUT2D eigenvalue weighted by Crippen LogP contribution is -2.49. The number of nitrogens with zero attached hydrogens (tertiary/aromatic N) is 1. The van der Waals surface area contributed by atoms with E-state index in [1.54, 1.807) is 0 Å². The first kappa shape index (κ1) is 14.0. The average Bonchev–Trinajstić information content (AvgIpc) is 2.98. The minimum atomic E-state index is -0.116. The molecule has 1 aliphatic heterocycles. The van der Waals surface area contributed by atoms with Gasteiger partial charge in [0.15, 0.2) is 0 Å². The van der Waals surface area contributed by atoms with Gasteiger partial charge in [-0.05, 0) is 63.2 Å². The van der Waals surface area contributed by atoms with Crippen molar-refractivity contribution in [2.75, 3.05) is 0 Å². The van der Waals surface area contributed by atoms with Crippen LogP contribution in [0.1, 0.15) is 77.6 Å². The summed E-state index contributed by atoms with van der Waals surface area (Å²) >= 11 is 0. The molecule has 1 N–H and O–H groups in total. The number of amides is 1. The second kappa shape index (κ2) is 5.26. The molecular formula is C18H30N2O. The Bertz CT molecular complexity index is 403. The van der Waals surface area contributed by atoms with Gasteiger partial charge < -0.3 is 4.90 Å². The molecule has 1 amide bonds. The molecule has 0 radical (unpaired) electrons. The van der Waals surface area contributed by atoms with Gasteiger partial charge in [-0.2, -0.15) is 0 Å². The number of rotatable bonds is 3. The molecule has 4 aliphatic rings. The molecule has 3 heteroatoms. The van der Waals surface area contributed by atoms with Gasteiger partial charge in [-0.3, -0.25) is 10.1 Å². The molecule has 4 fully saturated rings. The van der Waals surface area contributed by atoms with Crippen LogP contribution in [0.5, 0.6) is 0 Å². The van der Waals surface area contributed by atoms with Gasteiger partial charge in [0, 0.05) is 6.04 Å². The summed E-state index contributed by atoms with van der Waals surface area (Å²) in [5.74, 6) is 2.09. The molecule has 1 spiro atoms. The highest BCUT2D eigenvalue weighted by Crippen LogP contribution is 2.47. The molecule has 21 heavy (non-hydrogen) atoms. The third-order valence-corrected chi connectivity index (χ3v) is 6.75. The van der Waals surface area contributed by atoms with Crippen molar-refractivity contribution in [3.8, 4) is 0 Å². The van der Waals surface area contributed by atoms with Gasteiger partial charge in [-0.25, -0.2) is 0 Å². The van der Waals surface area contributed by atoms with Crippen LogP contribution in [-0.2, 0) is 4.79 Å². The number of nitrogens with one attached hydrogen (secondary N) is 1. The highest BCUT2D eigenvalue weighted by molar-refractivity contribution is 5.92. The van der Waals surface area contributed by atoms with E-state index in [-0.39, 0.29) is 5.54 Å². The molecule has 1 unspecified atom stereocenters. The fourth-order valence-electron chi connectivity index (χ4n) is 5.11. The minimum Gasteiger partial charge on any atom is -0.322 e. The normalized spacial score (nSPS) is 39.4. The number of carbonyl (C=O) groups is 1. The Kier molecular flexibility index (Phi) is 3.52. The molecule has 1 saturated heterocycles. The van der Waals surface area contributed by atoms with Gasteiger partial charge >= 0.3 is 0 Å². The monoisotopic (exact) mass is 290 g/mol. The van der Waals surface area contributed by atoms with Gasteiger partial charge in [0.25, 0.3) is 0 Å². The van der Waals surface area contributed by atoms with Crippen molar-refractivity contribution in [2.45, 2.75) is 95.3 Å². The number of hydrogen-bond donors (Lipinski definition) is 1. The van der Waals surface area contributed by atoms with Crippen molar-refractivity contribution in [1.29, 1.82) is 0 Å². The van der Waals surface area contributed by atoms with Gasteiger partial charge in [0.2, 0.25) is 5.91 Å². The van der Waals surface area contributed by atoms with E-state index in [1.165, 1.54) is 57.8 Å². The highest BCUT2D eigenvalue weighted by Gasteiger charge is 2.61. The zero-order valence-corrected chi connectivity index (χ0v) is 13.4. The second-order valence-electron chi connectivity index (χ2n) is 8.01. The van der Waals surface area contributed by atoms with E-state index < -0.39 is 0 Å². The summed E-state index contributed by atoms with van der Waals surface area (Å²) in [6.07, 6.45) is 14.3. The van der Waals surface area contributed by atoms with E-state index >= 15 is 0 Å². The molecule has 3 nitrogen and oxygen atoms in total. The Labute approximate surface area is 128 Å². The summed E-state index contributed by atoms with van der Waals surface area (Å²) in [4.78, 5) is 15.3. The summed E-state index contributed by atoms with van der Waals surface area (Å²) in [5, 5.41) is 3.78. The Hall–Kier alpha value is -0.570. The smallest absolute Gasteiger partial charge is 0.244 e. The number of hydrogen-bond acceptors (Lipinski definition) is 2. The quantitative estimate of drug-likeness (QED) is 0.863. The van der Waals surface area contributed by atoms with Crippen LogP contribution < -0.4 is 5.32 Å². The lowest BCUT2D eigenvalue weighted by Gasteiger charge is -2.39. The van der Waals surface area contributed by atoms with E-state index in [1.807, 2.05) is 0 Å². The van der Waals surface area contributed by atoms with Gasteiger partial charge in [-0.1, -0.05) is 26.2 Å². The van der Waals surface area contributed by atoms with Crippen LogP contribution in [0.3, 0.4) is 0 Å².